The van der Waals surface area contributed by atoms with Crippen molar-refractivity contribution in [1.82, 2.24) is 9.55 Å². The van der Waals surface area contributed by atoms with E-state index in [2.05, 4.69) is 17.1 Å². The van der Waals surface area contributed by atoms with Gasteiger partial charge in [0, 0.05) is 18.9 Å². The molecule has 0 saturated carbocycles. The van der Waals surface area contributed by atoms with Crippen molar-refractivity contribution >= 4 is 5.97 Å². The third kappa shape index (κ3) is 4.10. The largest absolute Gasteiger partial charge is 0.457 e. The van der Waals surface area contributed by atoms with Gasteiger partial charge in [0.15, 0.2) is 0 Å². The highest BCUT2D eigenvalue weighted by Gasteiger charge is 2.10. The van der Waals surface area contributed by atoms with Crippen molar-refractivity contribution in [2.75, 3.05) is 0 Å². The molecule has 1 aromatic heterocycles. The summed E-state index contributed by atoms with van der Waals surface area (Å²) in [5.74, 6) is 0.510. The fraction of sp³-hybridized carbons (Fsp3) is 0.200. The summed E-state index contributed by atoms with van der Waals surface area (Å²) in [5, 5.41) is 0. The molecule has 4 nitrogen and oxygen atoms in total. The van der Waals surface area contributed by atoms with E-state index in [0.29, 0.717) is 6.54 Å². The maximum atomic E-state index is 12.1. The maximum Gasteiger partial charge on any atom is 0.310 e. The quantitative estimate of drug-likeness (QED) is 0.653. The van der Waals surface area contributed by atoms with Crippen LogP contribution in [0.2, 0.25) is 0 Å². The number of hydrogen-bond acceptors (Lipinski definition) is 3. The van der Waals surface area contributed by atoms with Crippen LogP contribution in [0.25, 0.3) is 0 Å². The summed E-state index contributed by atoms with van der Waals surface area (Å²) in [5.41, 5.74) is 3.28. The number of carbonyl (C=O) groups is 1. The van der Waals surface area contributed by atoms with Crippen molar-refractivity contribution < 1.29 is 9.53 Å². The van der Waals surface area contributed by atoms with Crippen molar-refractivity contribution in [1.29, 1.82) is 0 Å². The highest BCUT2D eigenvalue weighted by molar-refractivity contribution is 5.73. The van der Waals surface area contributed by atoms with Crippen LogP contribution >= 0.6 is 0 Å². The van der Waals surface area contributed by atoms with E-state index in [4.69, 9.17) is 4.74 Å². The van der Waals surface area contributed by atoms with Crippen LogP contribution in [0, 0.1) is 6.92 Å². The molecule has 1 heterocycles. The number of aromatic nitrogens is 2. The Morgan fingerprint density at radius 1 is 1.08 bits per heavy atom. The lowest BCUT2D eigenvalue weighted by Crippen LogP contribution is -2.12. The number of imidazole rings is 1. The number of carbonyl (C=O) groups excluding carboxylic acids is 1. The molecule has 0 aliphatic rings. The molecule has 0 saturated heterocycles. The molecule has 3 aromatic rings. The van der Waals surface area contributed by atoms with E-state index in [-0.39, 0.29) is 19.0 Å². The minimum atomic E-state index is -0.237. The van der Waals surface area contributed by atoms with E-state index in [1.54, 1.807) is 6.20 Å². The summed E-state index contributed by atoms with van der Waals surface area (Å²) in [6, 6.07) is 18.0. The van der Waals surface area contributed by atoms with Gasteiger partial charge in [0.05, 0.1) is 6.42 Å². The van der Waals surface area contributed by atoms with Crippen LogP contribution in [-0.4, -0.2) is 15.5 Å². The van der Waals surface area contributed by atoms with Gasteiger partial charge in [-0.15, -0.1) is 0 Å². The minimum Gasteiger partial charge on any atom is -0.457 e. The van der Waals surface area contributed by atoms with E-state index in [1.165, 1.54) is 5.56 Å². The molecule has 4 heteroatoms. The summed E-state index contributed by atoms with van der Waals surface area (Å²) >= 11 is 0. The molecule has 0 radical (unpaired) electrons. The van der Waals surface area contributed by atoms with Crippen molar-refractivity contribution in [3.8, 4) is 0 Å². The van der Waals surface area contributed by atoms with Gasteiger partial charge in [0.1, 0.15) is 12.4 Å². The Morgan fingerprint density at radius 3 is 2.62 bits per heavy atom. The van der Waals surface area contributed by atoms with E-state index in [1.807, 2.05) is 60.2 Å². The molecule has 0 bridgehead atoms. The van der Waals surface area contributed by atoms with Gasteiger partial charge in [0.2, 0.25) is 0 Å². The van der Waals surface area contributed by atoms with E-state index >= 15 is 0 Å². The Morgan fingerprint density at radius 2 is 1.83 bits per heavy atom. The zero-order chi connectivity index (χ0) is 16.8. The third-order valence-electron chi connectivity index (χ3n) is 3.96. The van der Waals surface area contributed by atoms with Crippen LogP contribution in [0.3, 0.4) is 0 Å². The van der Waals surface area contributed by atoms with Crippen LogP contribution < -0.4 is 0 Å². The molecular formula is C20H20N2O2. The number of aryl methyl sites for hydroxylation is 1. The molecular weight excluding hydrogens is 300 g/mol. The number of esters is 1. The summed E-state index contributed by atoms with van der Waals surface area (Å²) < 4.78 is 7.40. The van der Waals surface area contributed by atoms with E-state index < -0.39 is 0 Å². The monoisotopic (exact) mass is 320 g/mol. The van der Waals surface area contributed by atoms with Crippen molar-refractivity contribution in [3.63, 3.8) is 0 Å². The summed E-state index contributed by atoms with van der Waals surface area (Å²) in [6.45, 7) is 2.89. The number of nitrogens with zero attached hydrogens (tertiary/aromatic N) is 2. The Labute approximate surface area is 141 Å². The van der Waals surface area contributed by atoms with Gasteiger partial charge < -0.3 is 9.30 Å². The second-order valence-corrected chi connectivity index (χ2v) is 5.72. The van der Waals surface area contributed by atoms with Crippen LogP contribution in [0.4, 0.5) is 0 Å². The number of rotatable bonds is 6. The second-order valence-electron chi connectivity index (χ2n) is 5.72. The molecule has 0 atom stereocenters. The molecule has 0 N–H and O–H groups in total. The molecule has 3 rings (SSSR count). The normalized spacial score (nSPS) is 10.5. The van der Waals surface area contributed by atoms with Crippen molar-refractivity contribution in [2.45, 2.75) is 26.5 Å². The van der Waals surface area contributed by atoms with Gasteiger partial charge in [-0.1, -0.05) is 54.6 Å². The highest BCUT2D eigenvalue weighted by Crippen LogP contribution is 2.10. The van der Waals surface area contributed by atoms with Crippen LogP contribution in [0.15, 0.2) is 67.0 Å². The van der Waals surface area contributed by atoms with Gasteiger partial charge in [-0.25, -0.2) is 4.98 Å². The van der Waals surface area contributed by atoms with Crippen LogP contribution in [-0.2, 0) is 29.1 Å². The highest BCUT2D eigenvalue weighted by atomic mass is 16.5. The third-order valence-corrected chi connectivity index (χ3v) is 3.96. The zero-order valence-electron chi connectivity index (χ0n) is 13.7. The molecule has 24 heavy (non-hydrogen) atoms. The minimum absolute atomic E-state index is 0.185. The van der Waals surface area contributed by atoms with Gasteiger partial charge in [-0.05, 0) is 23.6 Å². The van der Waals surface area contributed by atoms with Crippen LogP contribution in [0.1, 0.15) is 22.5 Å². The van der Waals surface area contributed by atoms with Gasteiger partial charge in [0.25, 0.3) is 0 Å². The Kier molecular flexibility index (Phi) is 5.06. The molecule has 2 aromatic carbocycles. The summed E-state index contributed by atoms with van der Waals surface area (Å²) in [6.07, 6.45) is 3.91. The molecule has 122 valence electrons. The average molecular weight is 320 g/mol. The van der Waals surface area contributed by atoms with Crippen molar-refractivity contribution in [2.24, 2.45) is 0 Å². The first-order valence-electron chi connectivity index (χ1n) is 7.96. The standard InChI is InChI=1S/C20H20N2O2/c1-16-7-5-6-10-18(16)13-20(23)24-15-19-21-11-12-22(19)14-17-8-3-2-4-9-17/h2-12H,13-15H2,1H3. The topological polar surface area (TPSA) is 44.1 Å². The lowest BCUT2D eigenvalue weighted by molar-refractivity contribution is -0.144. The fourth-order valence-corrected chi connectivity index (χ4v) is 2.56. The second kappa shape index (κ2) is 7.59. The fourth-order valence-electron chi connectivity index (χ4n) is 2.56. The van der Waals surface area contributed by atoms with E-state index in [0.717, 1.165) is 17.0 Å². The molecule has 0 spiro atoms. The first kappa shape index (κ1) is 16.0. The SMILES string of the molecule is Cc1ccccc1CC(=O)OCc1nccn1Cc1ccccc1. The Balaban J connectivity index is 1.58. The average Bonchev–Trinajstić information content (AvgIpc) is 3.03. The maximum absolute atomic E-state index is 12.1. The van der Waals surface area contributed by atoms with E-state index in [9.17, 15) is 4.79 Å². The predicted octanol–water partition coefficient (Wildman–Crippen LogP) is 3.53. The van der Waals surface area contributed by atoms with Gasteiger partial charge >= 0.3 is 5.97 Å². The lowest BCUT2D eigenvalue weighted by atomic mass is 10.1. The smallest absolute Gasteiger partial charge is 0.310 e. The molecule has 0 fully saturated rings. The Bertz CT molecular complexity index is 809. The number of ether oxygens (including phenoxy) is 1. The van der Waals surface area contributed by atoms with Crippen molar-refractivity contribution in [3.05, 3.63) is 89.5 Å². The zero-order valence-corrected chi connectivity index (χ0v) is 13.7. The first-order chi connectivity index (χ1) is 11.7. The summed E-state index contributed by atoms with van der Waals surface area (Å²) in [4.78, 5) is 16.4. The van der Waals surface area contributed by atoms with Gasteiger partial charge in [-0.2, -0.15) is 0 Å². The Hall–Kier alpha value is -2.88. The molecule has 0 amide bonds. The first-order valence-corrected chi connectivity index (χ1v) is 7.96. The summed E-state index contributed by atoms with van der Waals surface area (Å²) in [7, 11) is 0. The predicted molar refractivity (Wildman–Crippen MR) is 92.5 cm³/mol. The van der Waals surface area contributed by atoms with Crippen LogP contribution in [0.5, 0.6) is 0 Å². The molecule has 0 aliphatic carbocycles. The number of benzene rings is 2. The molecule has 0 unspecified atom stereocenters. The molecule has 0 aliphatic heterocycles. The number of hydrogen-bond donors (Lipinski definition) is 0. The van der Waals surface area contributed by atoms with Gasteiger partial charge in [-0.3, -0.25) is 4.79 Å². The lowest BCUT2D eigenvalue weighted by Gasteiger charge is -2.09.